The first-order valence-electron chi connectivity index (χ1n) is 7.93. The van der Waals surface area contributed by atoms with Crippen LogP contribution < -0.4 is 0 Å². The van der Waals surface area contributed by atoms with Gasteiger partial charge in [-0.2, -0.15) is 0 Å². The fourth-order valence-corrected chi connectivity index (χ4v) is 3.55. The van der Waals surface area contributed by atoms with Gasteiger partial charge in [-0.05, 0) is 63.7 Å². The van der Waals surface area contributed by atoms with E-state index in [2.05, 4.69) is 38.7 Å². The summed E-state index contributed by atoms with van der Waals surface area (Å²) in [7, 11) is 0. The van der Waals surface area contributed by atoms with Crippen molar-refractivity contribution in [1.29, 1.82) is 0 Å². The third-order valence-electron chi connectivity index (χ3n) is 5.15. The molecule has 1 heterocycles. The summed E-state index contributed by atoms with van der Waals surface area (Å²) in [6, 6.07) is 6.10. The second-order valence-corrected chi connectivity index (χ2v) is 6.01. The standard InChI is InChI=1S/C18H27NO/c1-5-18(6-2,19-12-7-8-13-19)17(20)16-11-9-10-14(3)15(16)4/h9-11H,5-8,12-13H2,1-4H3. The maximum atomic E-state index is 13.2. The van der Waals surface area contributed by atoms with Gasteiger partial charge in [0, 0.05) is 5.56 Å². The summed E-state index contributed by atoms with van der Waals surface area (Å²) in [4.78, 5) is 15.7. The lowest BCUT2D eigenvalue weighted by molar-refractivity contribution is 0.0580. The molecule has 0 saturated carbocycles. The van der Waals surface area contributed by atoms with Crippen LogP contribution in [0, 0.1) is 13.8 Å². The highest BCUT2D eigenvalue weighted by Crippen LogP contribution is 2.33. The second kappa shape index (κ2) is 6.09. The molecule has 1 aliphatic rings. The first-order valence-corrected chi connectivity index (χ1v) is 7.93. The summed E-state index contributed by atoms with van der Waals surface area (Å²) in [5.74, 6) is 0.325. The van der Waals surface area contributed by atoms with E-state index in [1.807, 2.05) is 12.1 Å². The monoisotopic (exact) mass is 273 g/mol. The number of likely N-dealkylation sites (tertiary alicyclic amines) is 1. The molecule has 0 radical (unpaired) electrons. The van der Waals surface area contributed by atoms with Gasteiger partial charge in [-0.1, -0.05) is 32.0 Å². The van der Waals surface area contributed by atoms with Gasteiger partial charge in [0.25, 0.3) is 0 Å². The van der Waals surface area contributed by atoms with Crippen LogP contribution in [-0.2, 0) is 0 Å². The number of hydrogen-bond donors (Lipinski definition) is 0. The van der Waals surface area contributed by atoms with E-state index in [9.17, 15) is 4.79 Å². The van der Waals surface area contributed by atoms with Gasteiger partial charge < -0.3 is 0 Å². The van der Waals surface area contributed by atoms with Crippen molar-refractivity contribution in [1.82, 2.24) is 4.90 Å². The van der Waals surface area contributed by atoms with E-state index in [1.165, 1.54) is 18.4 Å². The minimum Gasteiger partial charge on any atom is -0.292 e. The molecule has 1 aliphatic heterocycles. The Kier molecular flexibility index (Phi) is 4.64. The van der Waals surface area contributed by atoms with Crippen LogP contribution in [0.2, 0.25) is 0 Å². The molecule has 0 atom stereocenters. The quantitative estimate of drug-likeness (QED) is 0.751. The highest BCUT2D eigenvalue weighted by Gasteiger charge is 2.42. The Balaban J connectivity index is 2.43. The molecule has 1 aromatic carbocycles. The number of carbonyl (C=O) groups excluding carboxylic acids is 1. The SMILES string of the molecule is CCC(CC)(C(=O)c1cccc(C)c1C)N1CCCC1. The third kappa shape index (κ3) is 2.42. The van der Waals surface area contributed by atoms with Crippen LogP contribution in [0.3, 0.4) is 0 Å². The second-order valence-electron chi connectivity index (χ2n) is 6.01. The lowest BCUT2D eigenvalue weighted by atomic mass is 9.81. The zero-order valence-electron chi connectivity index (χ0n) is 13.3. The van der Waals surface area contributed by atoms with Crippen molar-refractivity contribution < 1.29 is 4.79 Å². The van der Waals surface area contributed by atoms with Gasteiger partial charge in [-0.15, -0.1) is 0 Å². The first-order chi connectivity index (χ1) is 9.56. The summed E-state index contributed by atoms with van der Waals surface area (Å²) in [6.07, 6.45) is 4.25. The van der Waals surface area contributed by atoms with Crippen LogP contribution in [0.5, 0.6) is 0 Å². The lowest BCUT2D eigenvalue weighted by Gasteiger charge is -2.39. The molecule has 0 bridgehead atoms. The molecule has 1 saturated heterocycles. The number of aryl methyl sites for hydroxylation is 1. The fourth-order valence-electron chi connectivity index (χ4n) is 3.55. The summed E-state index contributed by atoms with van der Waals surface area (Å²) in [5.41, 5.74) is 2.97. The molecule has 0 aromatic heterocycles. The van der Waals surface area contributed by atoms with Gasteiger partial charge in [0.15, 0.2) is 5.78 Å². The molecule has 0 amide bonds. The summed E-state index contributed by atoms with van der Waals surface area (Å²) < 4.78 is 0. The van der Waals surface area contributed by atoms with Gasteiger partial charge in [0.1, 0.15) is 0 Å². The number of nitrogens with zero attached hydrogens (tertiary/aromatic N) is 1. The molecule has 1 aromatic rings. The highest BCUT2D eigenvalue weighted by molar-refractivity contribution is 6.04. The van der Waals surface area contributed by atoms with Gasteiger partial charge in [-0.25, -0.2) is 0 Å². The molecule has 2 rings (SSSR count). The van der Waals surface area contributed by atoms with Crippen LogP contribution in [0.25, 0.3) is 0 Å². The minimum atomic E-state index is -0.297. The number of benzene rings is 1. The van der Waals surface area contributed by atoms with Gasteiger partial charge in [0.05, 0.1) is 5.54 Å². The number of carbonyl (C=O) groups is 1. The van der Waals surface area contributed by atoms with Crippen LogP contribution >= 0.6 is 0 Å². The fraction of sp³-hybridized carbons (Fsp3) is 0.611. The van der Waals surface area contributed by atoms with Crippen LogP contribution in [0.4, 0.5) is 0 Å². The third-order valence-corrected chi connectivity index (χ3v) is 5.15. The lowest BCUT2D eigenvalue weighted by Crippen LogP contribution is -2.52. The molecule has 20 heavy (non-hydrogen) atoms. The zero-order valence-corrected chi connectivity index (χ0v) is 13.3. The molecule has 0 aliphatic carbocycles. The number of Topliss-reactive ketones (excluding diaryl/α,β-unsaturated/α-hetero) is 1. The summed E-state index contributed by atoms with van der Waals surface area (Å²) >= 11 is 0. The Morgan fingerprint density at radius 1 is 1.15 bits per heavy atom. The maximum Gasteiger partial charge on any atom is 0.183 e. The van der Waals surface area contributed by atoms with E-state index >= 15 is 0 Å². The number of ketones is 1. The van der Waals surface area contributed by atoms with Crippen LogP contribution in [0.1, 0.15) is 61.0 Å². The van der Waals surface area contributed by atoms with Gasteiger partial charge in [-0.3, -0.25) is 9.69 Å². The van der Waals surface area contributed by atoms with Gasteiger partial charge >= 0.3 is 0 Å². The topological polar surface area (TPSA) is 20.3 Å². The Hall–Kier alpha value is -1.15. The summed E-state index contributed by atoms with van der Waals surface area (Å²) in [6.45, 7) is 10.6. The predicted octanol–water partition coefficient (Wildman–Crippen LogP) is 4.14. The zero-order chi connectivity index (χ0) is 14.8. The smallest absolute Gasteiger partial charge is 0.183 e. The average molecular weight is 273 g/mol. The Morgan fingerprint density at radius 2 is 1.75 bits per heavy atom. The normalized spacial score (nSPS) is 16.6. The molecule has 0 unspecified atom stereocenters. The van der Waals surface area contributed by atoms with Crippen LogP contribution in [-0.4, -0.2) is 29.3 Å². The first kappa shape index (κ1) is 15.2. The van der Waals surface area contributed by atoms with Crippen molar-refractivity contribution in [3.05, 3.63) is 34.9 Å². The molecular formula is C18H27NO. The number of hydrogen-bond acceptors (Lipinski definition) is 2. The van der Waals surface area contributed by atoms with E-state index in [-0.39, 0.29) is 5.54 Å². The summed E-state index contributed by atoms with van der Waals surface area (Å²) in [5, 5.41) is 0. The van der Waals surface area contributed by atoms with E-state index in [1.54, 1.807) is 0 Å². The Labute approximate surface area is 123 Å². The van der Waals surface area contributed by atoms with E-state index in [0.717, 1.165) is 37.1 Å². The molecule has 0 spiro atoms. The largest absolute Gasteiger partial charge is 0.292 e. The molecule has 1 fully saturated rings. The highest BCUT2D eigenvalue weighted by atomic mass is 16.1. The van der Waals surface area contributed by atoms with Crippen LogP contribution in [0.15, 0.2) is 18.2 Å². The van der Waals surface area contributed by atoms with Gasteiger partial charge in [0.2, 0.25) is 0 Å². The molecular weight excluding hydrogens is 246 g/mol. The Morgan fingerprint density at radius 3 is 2.30 bits per heavy atom. The maximum absolute atomic E-state index is 13.2. The minimum absolute atomic E-state index is 0.297. The van der Waals surface area contributed by atoms with E-state index < -0.39 is 0 Å². The van der Waals surface area contributed by atoms with Crippen molar-refractivity contribution in [2.75, 3.05) is 13.1 Å². The van der Waals surface area contributed by atoms with Crippen molar-refractivity contribution in [3.63, 3.8) is 0 Å². The molecule has 0 N–H and O–H groups in total. The van der Waals surface area contributed by atoms with E-state index in [0.29, 0.717) is 5.78 Å². The molecule has 2 heteroatoms. The van der Waals surface area contributed by atoms with E-state index in [4.69, 9.17) is 0 Å². The predicted molar refractivity (Wildman–Crippen MR) is 84.4 cm³/mol. The Bertz CT molecular complexity index is 482. The molecule has 2 nitrogen and oxygen atoms in total. The van der Waals surface area contributed by atoms with Crippen molar-refractivity contribution >= 4 is 5.78 Å². The average Bonchev–Trinajstić information content (AvgIpc) is 2.98. The van der Waals surface area contributed by atoms with Crippen molar-refractivity contribution in [2.24, 2.45) is 0 Å². The van der Waals surface area contributed by atoms with Crippen molar-refractivity contribution in [3.8, 4) is 0 Å². The molecule has 110 valence electrons. The number of rotatable bonds is 5. The van der Waals surface area contributed by atoms with Crippen molar-refractivity contribution in [2.45, 2.75) is 58.9 Å².